The summed E-state index contributed by atoms with van der Waals surface area (Å²) in [6.45, 7) is 18.6. The van der Waals surface area contributed by atoms with Crippen molar-refractivity contribution in [2.75, 3.05) is 19.8 Å². The molecule has 0 heterocycles. The van der Waals surface area contributed by atoms with E-state index in [1.54, 1.807) is 19.9 Å². The molecule has 0 aromatic heterocycles. The number of rotatable bonds is 12. The molecule has 0 saturated heterocycles. The lowest BCUT2D eigenvalue weighted by Crippen LogP contribution is -2.36. The Labute approximate surface area is 243 Å². The second-order valence-electron chi connectivity index (χ2n) is 12.9. The SMILES string of the molecule is CC(C)C(C)C(=O)O[C@@H](C)COC(=O)[C@@H](N)Cc1ccc(OC(=O)OCC(C)(C)C)c(OC(=O)OCC(C)(C)C)c1. The minimum atomic E-state index is -1.07. The Hall–Kier alpha value is -3.34. The van der Waals surface area contributed by atoms with E-state index in [4.69, 9.17) is 34.2 Å². The first kappa shape index (κ1) is 35.7. The molecule has 0 saturated carbocycles. The summed E-state index contributed by atoms with van der Waals surface area (Å²) < 4.78 is 31.5. The molecule has 11 nitrogen and oxygen atoms in total. The Morgan fingerprint density at radius 1 is 0.756 bits per heavy atom. The Morgan fingerprint density at radius 2 is 1.27 bits per heavy atom. The van der Waals surface area contributed by atoms with Crippen molar-refractivity contribution in [2.24, 2.45) is 28.4 Å². The highest BCUT2D eigenvalue weighted by molar-refractivity contribution is 5.76. The van der Waals surface area contributed by atoms with E-state index < -0.39 is 30.4 Å². The first-order chi connectivity index (χ1) is 18.8. The average Bonchev–Trinajstić information content (AvgIpc) is 2.84. The molecule has 1 unspecified atom stereocenters. The van der Waals surface area contributed by atoms with Crippen molar-refractivity contribution >= 4 is 24.2 Å². The topological polar surface area (TPSA) is 150 Å². The fraction of sp³-hybridized carbons (Fsp3) is 0.667. The van der Waals surface area contributed by atoms with Crippen LogP contribution in [0.5, 0.6) is 11.5 Å². The number of carbonyl (C=O) groups excluding carboxylic acids is 4. The molecule has 0 radical (unpaired) electrons. The third kappa shape index (κ3) is 14.7. The Morgan fingerprint density at radius 3 is 1.76 bits per heavy atom. The monoisotopic (exact) mass is 581 g/mol. The summed E-state index contributed by atoms with van der Waals surface area (Å²) in [7, 11) is 0. The molecule has 0 aliphatic carbocycles. The molecule has 41 heavy (non-hydrogen) atoms. The highest BCUT2D eigenvalue weighted by Crippen LogP contribution is 2.30. The van der Waals surface area contributed by atoms with Crippen molar-refractivity contribution in [3.05, 3.63) is 23.8 Å². The van der Waals surface area contributed by atoms with Crippen LogP contribution in [-0.4, -0.2) is 56.2 Å². The highest BCUT2D eigenvalue weighted by atomic mass is 16.7. The van der Waals surface area contributed by atoms with Gasteiger partial charge in [0.25, 0.3) is 0 Å². The van der Waals surface area contributed by atoms with E-state index >= 15 is 0 Å². The summed E-state index contributed by atoms with van der Waals surface area (Å²) in [5.74, 6) is -1.44. The number of carbonyl (C=O) groups is 4. The molecule has 0 amide bonds. The molecule has 0 spiro atoms. The van der Waals surface area contributed by atoms with Gasteiger partial charge in [0.15, 0.2) is 11.5 Å². The van der Waals surface area contributed by atoms with Gasteiger partial charge in [-0.3, -0.25) is 9.59 Å². The van der Waals surface area contributed by atoms with E-state index in [2.05, 4.69) is 0 Å². The van der Waals surface area contributed by atoms with Gasteiger partial charge in [0.05, 0.1) is 19.1 Å². The van der Waals surface area contributed by atoms with Gasteiger partial charge in [0, 0.05) is 0 Å². The summed E-state index contributed by atoms with van der Waals surface area (Å²) in [5.41, 5.74) is 5.96. The van der Waals surface area contributed by atoms with E-state index in [1.165, 1.54) is 12.1 Å². The summed E-state index contributed by atoms with van der Waals surface area (Å²) in [5, 5.41) is 0. The first-order valence-corrected chi connectivity index (χ1v) is 13.7. The number of hydrogen-bond acceptors (Lipinski definition) is 11. The standard InChI is InChI=1S/C30H47NO10/c1-18(2)20(4)25(32)39-19(3)15-36-26(33)22(31)13-21-11-12-23(40-27(34)37-16-29(5,6)7)24(14-21)41-28(35)38-17-30(8,9)10/h11-12,14,18-20,22H,13,15-17,31H2,1-10H3/t19-,20?,22-/m0/s1. The third-order valence-electron chi connectivity index (χ3n) is 5.55. The maximum Gasteiger partial charge on any atom is 0.513 e. The van der Waals surface area contributed by atoms with Crippen LogP contribution in [0.3, 0.4) is 0 Å². The molecule has 1 rings (SSSR count). The van der Waals surface area contributed by atoms with Gasteiger partial charge in [-0.15, -0.1) is 0 Å². The van der Waals surface area contributed by atoms with Gasteiger partial charge in [-0.05, 0) is 47.8 Å². The van der Waals surface area contributed by atoms with Crippen molar-refractivity contribution in [3.8, 4) is 11.5 Å². The molecular formula is C30H47NO10. The van der Waals surface area contributed by atoms with Gasteiger partial charge in [-0.1, -0.05) is 68.4 Å². The van der Waals surface area contributed by atoms with Gasteiger partial charge in [-0.2, -0.15) is 0 Å². The van der Waals surface area contributed by atoms with E-state index in [0.29, 0.717) is 5.56 Å². The summed E-state index contributed by atoms with van der Waals surface area (Å²) >= 11 is 0. The lowest BCUT2D eigenvalue weighted by atomic mass is 9.98. The van der Waals surface area contributed by atoms with Crippen molar-refractivity contribution in [1.82, 2.24) is 0 Å². The van der Waals surface area contributed by atoms with Crippen LogP contribution in [0.1, 0.15) is 74.8 Å². The Balaban J connectivity index is 2.92. The molecule has 0 fully saturated rings. The van der Waals surface area contributed by atoms with Gasteiger partial charge >= 0.3 is 24.2 Å². The molecule has 11 heteroatoms. The number of nitrogens with two attached hydrogens (primary N) is 1. The van der Waals surface area contributed by atoms with Crippen LogP contribution in [-0.2, 0) is 35.0 Å². The van der Waals surface area contributed by atoms with Crippen LogP contribution in [0.25, 0.3) is 0 Å². The molecule has 1 aromatic carbocycles. The lowest BCUT2D eigenvalue weighted by molar-refractivity contribution is -0.162. The molecular weight excluding hydrogens is 534 g/mol. The van der Waals surface area contributed by atoms with Crippen LogP contribution >= 0.6 is 0 Å². The summed E-state index contributed by atoms with van der Waals surface area (Å²) in [4.78, 5) is 49.2. The third-order valence-corrected chi connectivity index (χ3v) is 5.55. The Bertz CT molecular complexity index is 1040. The van der Waals surface area contributed by atoms with Crippen molar-refractivity contribution in [1.29, 1.82) is 0 Å². The molecule has 0 bridgehead atoms. The fourth-order valence-corrected chi connectivity index (χ4v) is 2.89. The minimum absolute atomic E-state index is 0.0134. The van der Waals surface area contributed by atoms with Gasteiger partial charge in [0.1, 0.15) is 18.8 Å². The van der Waals surface area contributed by atoms with Crippen LogP contribution in [0.2, 0.25) is 0 Å². The van der Waals surface area contributed by atoms with Crippen LogP contribution < -0.4 is 15.2 Å². The molecule has 232 valence electrons. The van der Waals surface area contributed by atoms with Gasteiger partial charge in [-0.25, -0.2) is 9.59 Å². The van der Waals surface area contributed by atoms with E-state index in [0.717, 1.165) is 0 Å². The predicted molar refractivity (Wildman–Crippen MR) is 151 cm³/mol. The number of ether oxygens (including phenoxy) is 6. The first-order valence-electron chi connectivity index (χ1n) is 13.7. The summed E-state index contributed by atoms with van der Waals surface area (Å²) in [6.07, 6.45) is -2.60. The van der Waals surface area contributed by atoms with E-state index in [9.17, 15) is 19.2 Å². The minimum Gasteiger partial charge on any atom is -0.461 e. The smallest absolute Gasteiger partial charge is 0.461 e. The van der Waals surface area contributed by atoms with Crippen molar-refractivity contribution in [3.63, 3.8) is 0 Å². The van der Waals surface area contributed by atoms with Crippen LogP contribution in [0.15, 0.2) is 18.2 Å². The van der Waals surface area contributed by atoms with E-state index in [1.807, 2.05) is 55.4 Å². The number of esters is 2. The van der Waals surface area contributed by atoms with Crippen molar-refractivity contribution < 1.29 is 47.6 Å². The van der Waals surface area contributed by atoms with Gasteiger partial charge < -0.3 is 34.2 Å². The number of hydrogen-bond donors (Lipinski definition) is 1. The quantitative estimate of drug-likeness (QED) is 0.191. The summed E-state index contributed by atoms with van der Waals surface area (Å²) in [6, 6.07) is 3.30. The zero-order valence-electron chi connectivity index (χ0n) is 26.0. The fourth-order valence-electron chi connectivity index (χ4n) is 2.89. The van der Waals surface area contributed by atoms with E-state index in [-0.39, 0.29) is 66.4 Å². The van der Waals surface area contributed by atoms with Crippen molar-refractivity contribution in [2.45, 2.75) is 87.8 Å². The highest BCUT2D eigenvalue weighted by Gasteiger charge is 2.24. The second kappa shape index (κ2) is 15.6. The van der Waals surface area contributed by atoms with Gasteiger partial charge in [0.2, 0.25) is 0 Å². The zero-order chi connectivity index (χ0) is 31.5. The predicted octanol–water partition coefficient (Wildman–Crippen LogP) is 5.45. The Kier molecular flexibility index (Phi) is 13.6. The average molecular weight is 582 g/mol. The molecule has 2 N–H and O–H groups in total. The zero-order valence-corrected chi connectivity index (χ0v) is 26.0. The van der Waals surface area contributed by atoms with Crippen LogP contribution in [0, 0.1) is 22.7 Å². The molecule has 0 aliphatic rings. The lowest BCUT2D eigenvalue weighted by Gasteiger charge is -2.20. The second-order valence-corrected chi connectivity index (χ2v) is 12.9. The molecule has 0 aliphatic heterocycles. The number of benzene rings is 1. The van der Waals surface area contributed by atoms with Crippen LogP contribution in [0.4, 0.5) is 9.59 Å². The normalized spacial score (nSPS) is 14.0. The largest absolute Gasteiger partial charge is 0.513 e. The molecule has 1 aromatic rings. The maximum absolute atomic E-state index is 12.5. The maximum atomic E-state index is 12.5. The molecule has 3 atom stereocenters.